The number of aliphatic carboxylic acids is 1. The molecule has 168 valence electrons. The molecule has 0 fully saturated rings. The predicted octanol–water partition coefficient (Wildman–Crippen LogP) is 0.742. The molecule has 9 N–H and O–H groups in total. The summed E-state index contributed by atoms with van der Waals surface area (Å²) in [6.07, 6.45) is 0. The van der Waals surface area contributed by atoms with Crippen molar-refractivity contribution in [3.63, 3.8) is 0 Å². The molecule has 0 unspecified atom stereocenters. The summed E-state index contributed by atoms with van der Waals surface area (Å²) < 4.78 is 29.5. The fraction of sp³-hybridized carbons (Fsp3) is 0.167. The van der Waals surface area contributed by atoms with Crippen LogP contribution in [-0.4, -0.2) is 53.7 Å². The highest BCUT2D eigenvalue weighted by Gasteiger charge is 2.13. The first kappa shape index (κ1) is 25.4. The number of carbonyl (C=O) groups excluding carboxylic acids is 1. The van der Waals surface area contributed by atoms with Gasteiger partial charge < -0.3 is 32.3 Å². The third kappa shape index (κ3) is 8.69. The van der Waals surface area contributed by atoms with Crippen LogP contribution in [0.4, 0.5) is 16.2 Å². The molecule has 13 heteroatoms. The highest BCUT2D eigenvalue weighted by atomic mass is 32.2. The molecule has 1 atom stereocenters. The molecule has 0 bridgehead atoms. The van der Waals surface area contributed by atoms with Gasteiger partial charge in [-0.15, -0.1) is 0 Å². The summed E-state index contributed by atoms with van der Waals surface area (Å²) in [7, 11) is -4.11. The Morgan fingerprint density at radius 1 is 1.10 bits per heavy atom. The van der Waals surface area contributed by atoms with Gasteiger partial charge in [0.1, 0.15) is 6.04 Å². The Labute approximate surface area is 177 Å². The van der Waals surface area contributed by atoms with Gasteiger partial charge in [-0.05, 0) is 42.8 Å². The van der Waals surface area contributed by atoms with Crippen LogP contribution in [0.1, 0.15) is 15.9 Å². The molecule has 31 heavy (non-hydrogen) atoms. The summed E-state index contributed by atoms with van der Waals surface area (Å²) in [5.74, 6) is -2.33. The van der Waals surface area contributed by atoms with Gasteiger partial charge in [-0.25, -0.2) is 9.59 Å². The quantitative estimate of drug-likeness (QED) is 0.239. The van der Waals surface area contributed by atoms with Crippen LogP contribution in [0, 0.1) is 6.92 Å². The van der Waals surface area contributed by atoms with Crippen molar-refractivity contribution in [3.05, 3.63) is 53.6 Å². The lowest BCUT2D eigenvalue weighted by Gasteiger charge is -2.11. The van der Waals surface area contributed by atoms with Gasteiger partial charge in [-0.2, -0.15) is 8.42 Å². The molecule has 0 aliphatic heterocycles. The van der Waals surface area contributed by atoms with Crippen molar-refractivity contribution in [2.75, 3.05) is 17.6 Å². The Morgan fingerprint density at radius 3 is 2.23 bits per heavy atom. The number of urea groups is 1. The number of nitrogens with one attached hydrogen (secondary N) is 2. The number of benzene rings is 2. The van der Waals surface area contributed by atoms with Gasteiger partial charge in [0.2, 0.25) is 0 Å². The van der Waals surface area contributed by atoms with E-state index in [1.54, 1.807) is 19.1 Å². The van der Waals surface area contributed by atoms with E-state index < -0.39 is 34.1 Å². The molecule has 0 aliphatic carbocycles. The highest BCUT2D eigenvalue weighted by Crippen LogP contribution is 2.15. The fourth-order valence-electron chi connectivity index (χ4n) is 2.07. The third-order valence-electron chi connectivity index (χ3n) is 3.68. The molecular weight excluding hydrogens is 432 g/mol. The van der Waals surface area contributed by atoms with E-state index in [2.05, 4.69) is 10.6 Å². The zero-order valence-electron chi connectivity index (χ0n) is 16.3. The van der Waals surface area contributed by atoms with Crippen molar-refractivity contribution in [2.24, 2.45) is 5.73 Å². The van der Waals surface area contributed by atoms with Gasteiger partial charge in [0.15, 0.2) is 0 Å². The predicted molar refractivity (Wildman–Crippen MR) is 111 cm³/mol. The average molecular weight is 454 g/mol. The van der Waals surface area contributed by atoms with Crippen LogP contribution in [-0.2, 0) is 14.9 Å². The lowest BCUT2D eigenvalue weighted by atomic mass is 10.1. The maximum absolute atomic E-state index is 11.5. The maximum atomic E-state index is 11.5. The summed E-state index contributed by atoms with van der Waals surface area (Å²) in [4.78, 5) is 32.7. The Morgan fingerprint density at radius 2 is 1.74 bits per heavy atom. The van der Waals surface area contributed by atoms with Crippen LogP contribution in [0.15, 0.2) is 47.4 Å². The molecule has 2 amide bonds. The van der Waals surface area contributed by atoms with E-state index in [0.717, 1.165) is 0 Å². The number of amides is 2. The minimum atomic E-state index is -4.11. The lowest BCUT2D eigenvalue weighted by Crippen LogP contribution is -2.43. The SMILES string of the molecule is Cc1ccc(NC(=O)NC[C@H](N)C(=O)O)cc1C(=O)O.Nc1cccc(S(=O)(=O)O)c1. The first-order chi connectivity index (χ1) is 14.3. The van der Waals surface area contributed by atoms with Crippen molar-refractivity contribution in [3.8, 4) is 0 Å². The van der Waals surface area contributed by atoms with Crippen molar-refractivity contribution >= 4 is 39.5 Å². The zero-order chi connectivity index (χ0) is 23.8. The van der Waals surface area contributed by atoms with Crippen molar-refractivity contribution in [1.29, 1.82) is 0 Å². The molecule has 0 saturated carbocycles. The van der Waals surface area contributed by atoms with Crippen LogP contribution >= 0.6 is 0 Å². The summed E-state index contributed by atoms with van der Waals surface area (Å²) in [6, 6.07) is 8.00. The Bertz CT molecular complexity index is 1070. The Hall–Kier alpha value is -3.68. The number of carboxylic acid groups (broad SMARTS) is 2. The topological polar surface area (TPSA) is 222 Å². The number of nitrogens with two attached hydrogens (primary N) is 2. The van der Waals surface area contributed by atoms with Crippen LogP contribution in [0.25, 0.3) is 0 Å². The number of hydrogen-bond acceptors (Lipinski definition) is 7. The minimum Gasteiger partial charge on any atom is -0.480 e. The molecule has 0 spiro atoms. The van der Waals surface area contributed by atoms with Crippen molar-refractivity contribution < 1.29 is 37.6 Å². The zero-order valence-corrected chi connectivity index (χ0v) is 17.1. The molecule has 2 aromatic carbocycles. The average Bonchev–Trinajstić information content (AvgIpc) is 2.67. The molecule has 0 aliphatic rings. The van der Waals surface area contributed by atoms with E-state index in [9.17, 15) is 22.8 Å². The van der Waals surface area contributed by atoms with Gasteiger partial charge >= 0.3 is 18.0 Å². The van der Waals surface area contributed by atoms with Crippen LogP contribution < -0.4 is 22.1 Å². The standard InChI is InChI=1S/C12H15N3O5.C6H7NO3S/c1-6-2-3-7(4-8(6)10(16)17)15-12(20)14-5-9(13)11(18)19;7-5-2-1-3-6(4-5)11(8,9)10/h2-4,9H,5,13H2,1H3,(H,16,17)(H,18,19)(H2,14,15,20);1-4H,7H2,(H,8,9,10)/t9-;/m0./s1. The first-order valence-electron chi connectivity index (χ1n) is 8.51. The van der Waals surface area contributed by atoms with Gasteiger partial charge in [0.25, 0.3) is 10.1 Å². The molecule has 0 radical (unpaired) electrons. The molecule has 0 saturated heterocycles. The molecular formula is C18H22N4O8S. The number of nitrogen functional groups attached to an aromatic ring is 1. The lowest BCUT2D eigenvalue weighted by molar-refractivity contribution is -0.138. The van der Waals surface area contributed by atoms with Crippen LogP contribution in [0.2, 0.25) is 0 Å². The van der Waals surface area contributed by atoms with Gasteiger partial charge in [-0.1, -0.05) is 12.1 Å². The summed E-state index contributed by atoms with van der Waals surface area (Å²) in [6.45, 7) is 1.40. The van der Waals surface area contributed by atoms with Gasteiger partial charge in [0.05, 0.1) is 10.5 Å². The normalized spacial score (nSPS) is 11.5. The maximum Gasteiger partial charge on any atom is 0.336 e. The monoisotopic (exact) mass is 454 g/mol. The molecule has 0 aromatic heterocycles. The van der Waals surface area contributed by atoms with Crippen LogP contribution in [0.5, 0.6) is 0 Å². The van der Waals surface area contributed by atoms with E-state index in [1.807, 2.05) is 0 Å². The number of hydrogen-bond donors (Lipinski definition) is 7. The van der Waals surface area contributed by atoms with E-state index >= 15 is 0 Å². The summed E-state index contributed by atoms with van der Waals surface area (Å²) in [5.41, 5.74) is 11.7. The molecule has 0 heterocycles. The number of carboxylic acids is 2. The van der Waals surface area contributed by atoms with Crippen molar-refractivity contribution in [2.45, 2.75) is 17.9 Å². The Balaban J connectivity index is 0.000000367. The summed E-state index contributed by atoms with van der Waals surface area (Å²) in [5, 5.41) is 22.2. The van der Waals surface area contributed by atoms with E-state index in [-0.39, 0.29) is 22.7 Å². The second-order valence-corrected chi connectivity index (χ2v) is 7.58. The molecule has 2 rings (SSSR count). The number of rotatable bonds is 6. The largest absolute Gasteiger partial charge is 0.480 e. The second-order valence-electron chi connectivity index (χ2n) is 6.16. The fourth-order valence-corrected chi connectivity index (χ4v) is 2.61. The van der Waals surface area contributed by atoms with E-state index in [1.165, 1.54) is 30.3 Å². The number of aromatic carboxylic acids is 1. The third-order valence-corrected chi connectivity index (χ3v) is 4.53. The van der Waals surface area contributed by atoms with Gasteiger partial charge in [-0.3, -0.25) is 9.35 Å². The molecule has 12 nitrogen and oxygen atoms in total. The second kappa shape index (κ2) is 10.9. The number of aryl methyl sites for hydroxylation is 1. The molecule has 2 aromatic rings. The highest BCUT2D eigenvalue weighted by molar-refractivity contribution is 7.85. The summed E-state index contributed by atoms with van der Waals surface area (Å²) >= 11 is 0. The van der Waals surface area contributed by atoms with Crippen molar-refractivity contribution in [1.82, 2.24) is 5.32 Å². The first-order valence-corrected chi connectivity index (χ1v) is 9.95. The number of carbonyl (C=O) groups is 3. The minimum absolute atomic E-state index is 0.0741. The Kier molecular flexibility index (Phi) is 8.93. The smallest absolute Gasteiger partial charge is 0.336 e. The number of anilines is 2. The van der Waals surface area contributed by atoms with Gasteiger partial charge in [0, 0.05) is 17.9 Å². The van der Waals surface area contributed by atoms with E-state index in [0.29, 0.717) is 11.3 Å². The van der Waals surface area contributed by atoms with Crippen LogP contribution in [0.3, 0.4) is 0 Å². The van der Waals surface area contributed by atoms with E-state index in [4.69, 9.17) is 26.2 Å².